The van der Waals surface area contributed by atoms with Crippen LogP contribution in [0.1, 0.15) is 26.2 Å². The lowest BCUT2D eigenvalue weighted by Gasteiger charge is -2.19. The summed E-state index contributed by atoms with van der Waals surface area (Å²) in [6, 6.07) is 7.44. The molecule has 1 saturated heterocycles. The fraction of sp³-hybridized carbons (Fsp3) is 0.571. The molecule has 5 heteroatoms. The van der Waals surface area contributed by atoms with Gasteiger partial charge in [0.2, 0.25) is 0 Å². The van der Waals surface area contributed by atoms with E-state index in [2.05, 4.69) is 5.32 Å². The Balaban J connectivity index is 2.20. The SMILES string of the molecule is CCS(=O)(=O)c1ccccc1NC1CCCOCC1. The van der Waals surface area contributed by atoms with Gasteiger partial charge in [0.05, 0.1) is 16.3 Å². The minimum Gasteiger partial charge on any atom is -0.381 e. The molecule has 0 bridgehead atoms. The number of sulfone groups is 1. The number of rotatable bonds is 4. The molecule has 106 valence electrons. The first-order valence-corrected chi connectivity index (χ1v) is 8.45. The first-order chi connectivity index (χ1) is 9.13. The molecule has 1 unspecified atom stereocenters. The summed E-state index contributed by atoms with van der Waals surface area (Å²) in [6.45, 7) is 3.21. The molecule has 19 heavy (non-hydrogen) atoms. The molecule has 0 aromatic heterocycles. The Kier molecular flexibility index (Phi) is 4.82. The molecule has 1 fully saturated rings. The van der Waals surface area contributed by atoms with Gasteiger partial charge < -0.3 is 10.1 Å². The fourth-order valence-electron chi connectivity index (χ4n) is 2.28. The van der Waals surface area contributed by atoms with E-state index in [1.54, 1.807) is 19.1 Å². The largest absolute Gasteiger partial charge is 0.381 e. The van der Waals surface area contributed by atoms with Gasteiger partial charge in [0.1, 0.15) is 0 Å². The summed E-state index contributed by atoms with van der Waals surface area (Å²) < 4.78 is 29.6. The van der Waals surface area contributed by atoms with Crippen LogP contribution >= 0.6 is 0 Å². The third-order valence-corrected chi connectivity index (χ3v) is 5.20. The van der Waals surface area contributed by atoms with Crippen molar-refractivity contribution in [3.05, 3.63) is 24.3 Å². The highest BCUT2D eigenvalue weighted by atomic mass is 32.2. The number of benzene rings is 1. The number of hydrogen-bond acceptors (Lipinski definition) is 4. The maximum absolute atomic E-state index is 12.1. The molecule has 1 N–H and O–H groups in total. The molecular formula is C14H21NO3S. The highest BCUT2D eigenvalue weighted by Gasteiger charge is 2.19. The highest BCUT2D eigenvalue weighted by molar-refractivity contribution is 7.91. The van der Waals surface area contributed by atoms with E-state index >= 15 is 0 Å². The molecule has 0 amide bonds. The fourth-order valence-corrected chi connectivity index (χ4v) is 3.34. The Bertz CT molecular complexity index is 505. The van der Waals surface area contributed by atoms with Gasteiger partial charge in [0, 0.05) is 19.3 Å². The van der Waals surface area contributed by atoms with Gasteiger partial charge in [-0.2, -0.15) is 0 Å². The Morgan fingerprint density at radius 3 is 2.84 bits per heavy atom. The lowest BCUT2D eigenvalue weighted by Crippen LogP contribution is -2.21. The van der Waals surface area contributed by atoms with Crippen molar-refractivity contribution in [2.75, 3.05) is 24.3 Å². The Morgan fingerprint density at radius 2 is 2.05 bits per heavy atom. The minimum absolute atomic E-state index is 0.124. The number of nitrogens with one attached hydrogen (secondary N) is 1. The van der Waals surface area contributed by atoms with Gasteiger partial charge in [-0.15, -0.1) is 0 Å². The zero-order chi connectivity index (χ0) is 13.7. The Labute approximate surface area is 115 Å². The van der Waals surface area contributed by atoms with Gasteiger partial charge in [-0.05, 0) is 31.4 Å². The molecule has 2 rings (SSSR count). The normalized spacial score (nSPS) is 20.8. The molecule has 1 aliphatic heterocycles. The summed E-state index contributed by atoms with van der Waals surface area (Å²) in [4.78, 5) is 0.405. The van der Waals surface area contributed by atoms with Crippen molar-refractivity contribution in [2.45, 2.75) is 37.1 Å². The van der Waals surface area contributed by atoms with Gasteiger partial charge in [0.25, 0.3) is 0 Å². The standard InChI is InChI=1S/C14H21NO3S/c1-2-19(16,17)14-8-4-3-7-13(14)15-12-6-5-10-18-11-9-12/h3-4,7-8,12,15H,2,5-6,9-11H2,1H3. The van der Waals surface area contributed by atoms with E-state index in [9.17, 15) is 8.42 Å². The van der Waals surface area contributed by atoms with E-state index in [-0.39, 0.29) is 11.8 Å². The summed E-state index contributed by atoms with van der Waals surface area (Å²) in [6.07, 6.45) is 2.95. The van der Waals surface area contributed by atoms with E-state index in [1.165, 1.54) is 0 Å². The first-order valence-electron chi connectivity index (χ1n) is 6.79. The van der Waals surface area contributed by atoms with Crippen LogP contribution in [0.2, 0.25) is 0 Å². The van der Waals surface area contributed by atoms with Crippen molar-refractivity contribution in [1.29, 1.82) is 0 Å². The Hall–Kier alpha value is -1.07. The van der Waals surface area contributed by atoms with Crippen LogP contribution in [0.15, 0.2) is 29.2 Å². The lowest BCUT2D eigenvalue weighted by atomic mass is 10.1. The summed E-state index contributed by atoms with van der Waals surface area (Å²) in [5.41, 5.74) is 0.719. The number of anilines is 1. The topological polar surface area (TPSA) is 55.4 Å². The zero-order valence-corrected chi connectivity index (χ0v) is 12.1. The summed E-state index contributed by atoms with van der Waals surface area (Å²) in [7, 11) is -3.18. The maximum Gasteiger partial charge on any atom is 0.180 e. The van der Waals surface area contributed by atoms with Gasteiger partial charge in [-0.1, -0.05) is 19.1 Å². The summed E-state index contributed by atoms with van der Waals surface area (Å²) in [5.74, 6) is 0.124. The molecule has 1 aromatic carbocycles. The van der Waals surface area contributed by atoms with Crippen LogP contribution in [-0.2, 0) is 14.6 Å². The van der Waals surface area contributed by atoms with E-state index in [4.69, 9.17) is 4.74 Å². The maximum atomic E-state index is 12.1. The van der Waals surface area contributed by atoms with Gasteiger partial charge in [-0.3, -0.25) is 0 Å². The van der Waals surface area contributed by atoms with Crippen LogP contribution in [0.5, 0.6) is 0 Å². The number of hydrogen-bond donors (Lipinski definition) is 1. The predicted octanol–water partition coefficient (Wildman–Crippen LogP) is 2.46. The number of ether oxygens (including phenoxy) is 1. The van der Waals surface area contributed by atoms with Crippen LogP contribution in [0.3, 0.4) is 0 Å². The molecule has 1 heterocycles. The average molecular weight is 283 g/mol. The van der Waals surface area contributed by atoms with Gasteiger partial charge in [-0.25, -0.2) is 8.42 Å². The minimum atomic E-state index is -3.18. The Morgan fingerprint density at radius 1 is 1.26 bits per heavy atom. The molecule has 0 radical (unpaired) electrons. The van der Waals surface area contributed by atoms with Crippen molar-refractivity contribution >= 4 is 15.5 Å². The molecule has 0 aliphatic carbocycles. The van der Waals surface area contributed by atoms with E-state index < -0.39 is 9.84 Å². The monoisotopic (exact) mass is 283 g/mol. The second-order valence-electron chi connectivity index (χ2n) is 4.78. The quantitative estimate of drug-likeness (QED) is 0.922. The van der Waals surface area contributed by atoms with E-state index in [0.29, 0.717) is 4.90 Å². The third-order valence-electron chi connectivity index (χ3n) is 3.41. The molecule has 1 aliphatic rings. The average Bonchev–Trinajstić information content (AvgIpc) is 2.68. The number of para-hydroxylation sites is 1. The first kappa shape index (κ1) is 14.3. The molecular weight excluding hydrogens is 262 g/mol. The van der Waals surface area contributed by atoms with Crippen LogP contribution < -0.4 is 5.32 Å². The van der Waals surface area contributed by atoms with Crippen molar-refractivity contribution in [1.82, 2.24) is 0 Å². The van der Waals surface area contributed by atoms with Gasteiger partial charge >= 0.3 is 0 Å². The van der Waals surface area contributed by atoms with Crippen molar-refractivity contribution in [3.63, 3.8) is 0 Å². The van der Waals surface area contributed by atoms with Gasteiger partial charge in [0.15, 0.2) is 9.84 Å². The van der Waals surface area contributed by atoms with Crippen molar-refractivity contribution in [3.8, 4) is 0 Å². The highest BCUT2D eigenvalue weighted by Crippen LogP contribution is 2.24. The third kappa shape index (κ3) is 3.70. The molecule has 0 spiro atoms. The summed E-state index contributed by atoms with van der Waals surface area (Å²) in [5, 5.41) is 3.37. The molecule has 1 aromatic rings. The molecule has 0 saturated carbocycles. The van der Waals surface area contributed by atoms with Crippen LogP contribution in [0, 0.1) is 0 Å². The lowest BCUT2D eigenvalue weighted by molar-refractivity contribution is 0.144. The van der Waals surface area contributed by atoms with Crippen molar-refractivity contribution in [2.24, 2.45) is 0 Å². The van der Waals surface area contributed by atoms with Crippen molar-refractivity contribution < 1.29 is 13.2 Å². The smallest absolute Gasteiger partial charge is 0.180 e. The molecule has 4 nitrogen and oxygen atoms in total. The van der Waals surface area contributed by atoms with E-state index in [0.717, 1.165) is 38.2 Å². The summed E-state index contributed by atoms with van der Waals surface area (Å²) >= 11 is 0. The van der Waals surface area contributed by atoms with Crippen LogP contribution in [-0.4, -0.2) is 33.4 Å². The second kappa shape index (κ2) is 6.39. The van der Waals surface area contributed by atoms with E-state index in [1.807, 2.05) is 12.1 Å². The van der Waals surface area contributed by atoms with Crippen LogP contribution in [0.4, 0.5) is 5.69 Å². The predicted molar refractivity (Wildman–Crippen MR) is 76.2 cm³/mol. The van der Waals surface area contributed by atoms with Crippen LogP contribution in [0.25, 0.3) is 0 Å². The zero-order valence-electron chi connectivity index (χ0n) is 11.3. The molecule has 1 atom stereocenters. The second-order valence-corrected chi connectivity index (χ2v) is 7.03.